The summed E-state index contributed by atoms with van der Waals surface area (Å²) in [5.41, 5.74) is 8.51. The molecule has 11 rings (SSSR count). The van der Waals surface area contributed by atoms with E-state index in [0.29, 0.717) is 33.5 Å². The van der Waals surface area contributed by atoms with E-state index in [2.05, 4.69) is 84.9 Å². The van der Waals surface area contributed by atoms with Crippen molar-refractivity contribution in [2.45, 2.75) is 0 Å². The van der Waals surface area contributed by atoms with Crippen LogP contribution in [0.5, 0.6) is 0 Å². The summed E-state index contributed by atoms with van der Waals surface area (Å²) < 4.78 is 40.6. The van der Waals surface area contributed by atoms with Crippen LogP contribution in [0.25, 0.3) is 104 Å². The third kappa shape index (κ3) is 5.40. The van der Waals surface area contributed by atoms with E-state index >= 15 is 0 Å². The topological polar surface area (TPSA) is 43.6 Å². The molecule has 3 heterocycles. The number of aromatic nitrogens is 4. The number of fused-ring (bicyclic) bond motifs is 6. The second-order valence-corrected chi connectivity index (χ2v) is 14.8. The van der Waals surface area contributed by atoms with Gasteiger partial charge in [-0.25, -0.2) is 4.98 Å². The van der Waals surface area contributed by atoms with Gasteiger partial charge in [0.1, 0.15) is 0 Å². The molecule has 8 aromatic carbocycles. The molecule has 0 amide bonds. The summed E-state index contributed by atoms with van der Waals surface area (Å²) in [7, 11) is 0. The van der Waals surface area contributed by atoms with Gasteiger partial charge in [0.15, 0.2) is 11.6 Å². The van der Waals surface area contributed by atoms with Gasteiger partial charge in [-0.15, -0.1) is 11.3 Å². The summed E-state index contributed by atoms with van der Waals surface area (Å²) in [5, 5.41) is 3.44. The lowest BCUT2D eigenvalue weighted by Crippen LogP contribution is -2.06. The zero-order chi connectivity index (χ0) is 40.5. The molecular formula is C51H32N4S. The molecule has 0 spiro atoms. The minimum atomic E-state index is -0.330. The maximum Gasteiger partial charge on any atom is 0.238 e. The lowest BCUT2D eigenvalue weighted by Gasteiger charge is -2.13. The van der Waals surface area contributed by atoms with Gasteiger partial charge in [0.05, 0.1) is 16.5 Å². The average molecular weight is 737 g/mol. The van der Waals surface area contributed by atoms with E-state index in [1.165, 1.54) is 10.1 Å². The smallest absolute Gasteiger partial charge is 0.238 e. The summed E-state index contributed by atoms with van der Waals surface area (Å²) in [6, 6.07) is 56.3. The summed E-state index contributed by atoms with van der Waals surface area (Å²) >= 11 is 1.72. The fourth-order valence-electron chi connectivity index (χ4n) is 7.81. The van der Waals surface area contributed by atoms with Gasteiger partial charge in [-0.3, -0.25) is 4.57 Å². The van der Waals surface area contributed by atoms with Crippen LogP contribution in [-0.2, 0) is 0 Å². The van der Waals surface area contributed by atoms with E-state index in [1.54, 1.807) is 15.9 Å². The van der Waals surface area contributed by atoms with E-state index in [9.17, 15) is 2.74 Å². The van der Waals surface area contributed by atoms with Crippen LogP contribution >= 0.6 is 11.3 Å². The van der Waals surface area contributed by atoms with E-state index in [4.69, 9.17) is 17.7 Å². The summed E-state index contributed by atoms with van der Waals surface area (Å²) in [4.78, 5) is 15.4. The maximum absolute atomic E-state index is 9.40. The van der Waals surface area contributed by atoms with Crippen molar-refractivity contribution in [1.82, 2.24) is 19.5 Å². The normalized spacial score (nSPS) is 12.6. The molecule has 262 valence electrons. The van der Waals surface area contributed by atoms with Crippen molar-refractivity contribution in [3.63, 3.8) is 0 Å². The van der Waals surface area contributed by atoms with E-state index in [0.717, 1.165) is 54.6 Å². The standard InChI is InChI=1S/C51H32N4S/c1-3-14-33(15-4-1)34-26-28-36(29-27-34)49-52-50(37-30-31-41-40-20-10-12-25-46(40)56-47(41)32-37)54-51(53-49)55-44-23-11-9-21-43(44)48-42(22-13-24-45(48)55)39-19-8-7-18-38(39)35-16-5-2-6-17-35/h1-32H/i9D,11D,21D,23D. The molecule has 0 bridgehead atoms. The Morgan fingerprint density at radius 1 is 0.411 bits per heavy atom. The maximum atomic E-state index is 9.40. The molecule has 0 N–H and O–H groups in total. The Labute approximate surface area is 333 Å². The molecule has 0 saturated heterocycles. The summed E-state index contributed by atoms with van der Waals surface area (Å²) in [6.45, 7) is 0. The van der Waals surface area contributed by atoms with Gasteiger partial charge in [-0.05, 0) is 57.6 Å². The van der Waals surface area contributed by atoms with Gasteiger partial charge in [-0.2, -0.15) is 9.97 Å². The van der Waals surface area contributed by atoms with Crippen molar-refractivity contribution in [3.8, 4) is 62.1 Å². The second kappa shape index (κ2) is 13.3. The zero-order valence-electron chi connectivity index (χ0n) is 33.9. The molecule has 4 nitrogen and oxygen atoms in total. The van der Waals surface area contributed by atoms with Crippen molar-refractivity contribution < 1.29 is 5.48 Å². The van der Waals surface area contributed by atoms with Gasteiger partial charge in [0, 0.05) is 42.1 Å². The Morgan fingerprint density at radius 2 is 1.02 bits per heavy atom. The first-order valence-electron chi connectivity index (χ1n) is 20.5. The predicted molar refractivity (Wildman–Crippen MR) is 234 cm³/mol. The Morgan fingerprint density at radius 3 is 1.84 bits per heavy atom. The number of hydrogen-bond donors (Lipinski definition) is 0. The Hall–Kier alpha value is -7.21. The molecule has 0 radical (unpaired) electrons. The molecule has 3 aromatic heterocycles. The van der Waals surface area contributed by atoms with E-state index in [1.807, 2.05) is 84.9 Å². The van der Waals surface area contributed by atoms with Gasteiger partial charge < -0.3 is 0 Å². The first-order chi connectivity index (χ1) is 29.4. The fourth-order valence-corrected chi connectivity index (χ4v) is 8.96. The van der Waals surface area contributed by atoms with Crippen LogP contribution < -0.4 is 0 Å². The minimum absolute atomic E-state index is 0.124. The molecule has 11 aromatic rings. The van der Waals surface area contributed by atoms with Crippen LogP contribution in [0.2, 0.25) is 0 Å². The van der Waals surface area contributed by atoms with Crippen LogP contribution in [0, 0.1) is 0 Å². The lowest BCUT2D eigenvalue weighted by molar-refractivity contribution is 0.954. The number of benzene rings is 8. The molecule has 56 heavy (non-hydrogen) atoms. The molecule has 0 aliphatic carbocycles. The highest BCUT2D eigenvalue weighted by Gasteiger charge is 2.21. The van der Waals surface area contributed by atoms with Crippen molar-refractivity contribution in [2.24, 2.45) is 0 Å². The molecule has 0 fully saturated rings. The van der Waals surface area contributed by atoms with Crippen molar-refractivity contribution in [3.05, 3.63) is 194 Å². The van der Waals surface area contributed by atoms with Crippen LogP contribution in [0.3, 0.4) is 0 Å². The largest absolute Gasteiger partial charge is 0.278 e. The fraction of sp³-hybridized carbons (Fsp3) is 0. The highest BCUT2D eigenvalue weighted by atomic mass is 32.1. The molecular weight excluding hydrogens is 701 g/mol. The monoisotopic (exact) mass is 736 g/mol. The predicted octanol–water partition coefficient (Wildman–Crippen LogP) is 13.7. The van der Waals surface area contributed by atoms with Gasteiger partial charge in [-0.1, -0.05) is 170 Å². The number of rotatable bonds is 6. The quantitative estimate of drug-likeness (QED) is 0.171. The van der Waals surface area contributed by atoms with Crippen LogP contribution in [-0.4, -0.2) is 19.5 Å². The highest BCUT2D eigenvalue weighted by Crippen LogP contribution is 2.42. The van der Waals surface area contributed by atoms with Crippen molar-refractivity contribution >= 4 is 53.3 Å². The molecule has 5 heteroatoms. The molecule has 0 aliphatic rings. The highest BCUT2D eigenvalue weighted by molar-refractivity contribution is 7.25. The number of thiophene rings is 1. The molecule has 0 saturated carbocycles. The number of nitrogens with zero attached hydrogens (tertiary/aromatic N) is 4. The molecule has 0 aliphatic heterocycles. The minimum Gasteiger partial charge on any atom is -0.278 e. The number of para-hydroxylation sites is 1. The Kier molecular flexibility index (Phi) is 6.70. The van der Waals surface area contributed by atoms with Crippen LogP contribution in [0.15, 0.2) is 194 Å². The van der Waals surface area contributed by atoms with E-state index in [-0.39, 0.29) is 30.1 Å². The first-order valence-corrected chi connectivity index (χ1v) is 19.3. The van der Waals surface area contributed by atoms with Crippen LogP contribution in [0.4, 0.5) is 0 Å². The third-order valence-corrected chi connectivity index (χ3v) is 11.6. The van der Waals surface area contributed by atoms with Crippen molar-refractivity contribution in [1.29, 1.82) is 0 Å². The lowest BCUT2D eigenvalue weighted by atomic mass is 9.92. The summed E-state index contributed by atoms with van der Waals surface area (Å²) in [5.74, 6) is 1.13. The first kappa shape index (κ1) is 28.3. The van der Waals surface area contributed by atoms with Crippen LogP contribution in [0.1, 0.15) is 5.48 Å². The van der Waals surface area contributed by atoms with E-state index < -0.39 is 0 Å². The number of hydrogen-bond acceptors (Lipinski definition) is 4. The summed E-state index contributed by atoms with van der Waals surface area (Å²) in [6.07, 6.45) is 0. The second-order valence-electron chi connectivity index (χ2n) is 13.7. The SMILES string of the molecule is [2H]c1c([2H])c([2H])c2c(c1[2H])c1c(-c3ccccc3-c3ccccc3)cccc1n2-c1nc(-c2ccc(-c3ccccc3)cc2)nc(-c2ccc3c(c2)sc2ccccc23)n1. The van der Waals surface area contributed by atoms with Gasteiger partial charge in [0.25, 0.3) is 0 Å². The average Bonchev–Trinajstić information content (AvgIpc) is 3.87. The molecule has 0 atom stereocenters. The third-order valence-electron chi connectivity index (χ3n) is 10.4. The Bertz CT molecular complexity index is 3470. The van der Waals surface area contributed by atoms with Gasteiger partial charge >= 0.3 is 0 Å². The Balaban J connectivity index is 1.20. The van der Waals surface area contributed by atoms with Gasteiger partial charge in [0.2, 0.25) is 5.95 Å². The van der Waals surface area contributed by atoms with Crippen molar-refractivity contribution in [2.75, 3.05) is 0 Å². The molecule has 0 unspecified atom stereocenters. The zero-order valence-corrected chi connectivity index (χ0v) is 30.7.